The van der Waals surface area contributed by atoms with E-state index in [4.69, 9.17) is 4.74 Å². The van der Waals surface area contributed by atoms with E-state index in [2.05, 4.69) is 17.4 Å². The number of ether oxygens (including phenoxy) is 1. The summed E-state index contributed by atoms with van der Waals surface area (Å²) in [6, 6.07) is 7.89. The molecular weight excluding hydrogens is 356 g/mol. The van der Waals surface area contributed by atoms with E-state index in [1.165, 1.54) is 11.1 Å². The fourth-order valence-electron chi connectivity index (χ4n) is 4.10. The summed E-state index contributed by atoms with van der Waals surface area (Å²) in [6.07, 6.45) is 6.90. The number of benzene rings is 1. The van der Waals surface area contributed by atoms with E-state index in [0.717, 1.165) is 32.2 Å². The molecule has 1 saturated carbocycles. The number of nitrogens with one attached hydrogen (secondary N) is 1. The minimum absolute atomic E-state index is 0.0319. The van der Waals surface area contributed by atoms with E-state index in [-0.39, 0.29) is 42.9 Å². The van der Waals surface area contributed by atoms with Crippen molar-refractivity contribution in [3.63, 3.8) is 0 Å². The van der Waals surface area contributed by atoms with Gasteiger partial charge in [-0.05, 0) is 30.4 Å². The summed E-state index contributed by atoms with van der Waals surface area (Å²) in [4.78, 5) is 26.8. The third kappa shape index (κ3) is 4.13. The zero-order chi connectivity index (χ0) is 19.5. The molecule has 3 atom stereocenters. The molecule has 0 bridgehead atoms. The largest absolute Gasteiger partial charge is 0.394 e. The van der Waals surface area contributed by atoms with E-state index in [1.807, 2.05) is 29.2 Å². The second-order valence-corrected chi connectivity index (χ2v) is 7.98. The Hall–Kier alpha value is -2.18. The van der Waals surface area contributed by atoms with Crippen LogP contribution in [-0.2, 0) is 27.3 Å². The zero-order valence-electron chi connectivity index (χ0n) is 16.0. The van der Waals surface area contributed by atoms with Gasteiger partial charge in [-0.2, -0.15) is 0 Å². The van der Waals surface area contributed by atoms with Crippen molar-refractivity contribution in [3.05, 3.63) is 47.5 Å². The molecule has 0 radical (unpaired) electrons. The van der Waals surface area contributed by atoms with E-state index in [9.17, 15) is 14.7 Å². The van der Waals surface area contributed by atoms with Gasteiger partial charge in [-0.25, -0.2) is 0 Å². The highest BCUT2D eigenvalue weighted by atomic mass is 16.5. The van der Waals surface area contributed by atoms with Crippen LogP contribution in [0.15, 0.2) is 36.4 Å². The summed E-state index contributed by atoms with van der Waals surface area (Å²) < 4.78 is 5.91. The Morgan fingerprint density at radius 1 is 1.18 bits per heavy atom. The van der Waals surface area contributed by atoms with Gasteiger partial charge in [0.2, 0.25) is 11.8 Å². The molecule has 4 rings (SSSR count). The Morgan fingerprint density at radius 3 is 2.68 bits per heavy atom. The summed E-state index contributed by atoms with van der Waals surface area (Å²) in [5.74, 6) is 0.177. The van der Waals surface area contributed by atoms with Crippen LogP contribution in [0.4, 0.5) is 0 Å². The third-order valence-corrected chi connectivity index (χ3v) is 6.11. The van der Waals surface area contributed by atoms with Gasteiger partial charge in [0.15, 0.2) is 0 Å². The number of aliphatic hydroxyl groups is 1. The van der Waals surface area contributed by atoms with Crippen LogP contribution in [-0.4, -0.2) is 53.2 Å². The second-order valence-electron chi connectivity index (χ2n) is 7.98. The molecule has 0 aromatic heterocycles. The van der Waals surface area contributed by atoms with Crippen molar-refractivity contribution in [3.8, 4) is 0 Å². The number of carbonyl (C=O) groups is 2. The first kappa shape index (κ1) is 19.2. The van der Waals surface area contributed by atoms with Crippen molar-refractivity contribution in [2.75, 3.05) is 13.2 Å². The number of hydrogen-bond acceptors (Lipinski definition) is 4. The predicted octanol–water partition coefficient (Wildman–Crippen LogP) is 1.56. The van der Waals surface area contributed by atoms with E-state index >= 15 is 0 Å². The van der Waals surface area contributed by atoms with Gasteiger partial charge in [0.05, 0.1) is 25.2 Å². The lowest BCUT2D eigenvalue weighted by Gasteiger charge is -2.35. The molecule has 1 aliphatic carbocycles. The number of carbonyl (C=O) groups excluding carboxylic acids is 2. The van der Waals surface area contributed by atoms with Crippen molar-refractivity contribution in [1.29, 1.82) is 0 Å². The van der Waals surface area contributed by atoms with Crippen LogP contribution >= 0.6 is 0 Å². The van der Waals surface area contributed by atoms with Gasteiger partial charge >= 0.3 is 0 Å². The maximum atomic E-state index is 12.7. The average molecular weight is 384 g/mol. The Kier molecular flexibility index (Phi) is 5.78. The lowest BCUT2D eigenvalue weighted by Crippen LogP contribution is -2.51. The van der Waals surface area contributed by atoms with E-state index in [0.29, 0.717) is 6.54 Å². The van der Waals surface area contributed by atoms with Crippen LogP contribution in [0.25, 0.3) is 0 Å². The summed E-state index contributed by atoms with van der Waals surface area (Å²) >= 11 is 0. The molecule has 2 amide bonds. The number of rotatable bonds is 5. The highest BCUT2D eigenvalue weighted by Gasteiger charge is 2.33. The zero-order valence-corrected chi connectivity index (χ0v) is 16.0. The van der Waals surface area contributed by atoms with Crippen molar-refractivity contribution < 1.29 is 19.4 Å². The molecule has 2 N–H and O–H groups in total. The monoisotopic (exact) mass is 384 g/mol. The van der Waals surface area contributed by atoms with Crippen LogP contribution < -0.4 is 5.32 Å². The van der Waals surface area contributed by atoms with Crippen molar-refractivity contribution in [1.82, 2.24) is 10.2 Å². The second kappa shape index (κ2) is 8.45. The molecular formula is C22H28N2O4. The Labute approximate surface area is 165 Å². The number of fused-ring (bicyclic) bond motifs is 1. The van der Waals surface area contributed by atoms with Gasteiger partial charge in [-0.1, -0.05) is 42.8 Å². The fraction of sp³-hybridized carbons (Fsp3) is 0.545. The standard InChI is InChI=1S/C22H28N2O4/c25-14-20-19(23-22(27)16-6-3-7-16)9-8-18(28-20)12-21(26)24-11-10-15-4-1-2-5-17(15)13-24/h1-2,4-5,8-9,16,18-20,25H,3,6-7,10-14H2,(H,23,27)/t18-,19-,20+/m1/s1. The van der Waals surface area contributed by atoms with Gasteiger partial charge in [0.25, 0.3) is 0 Å². The minimum atomic E-state index is -0.520. The first-order valence-electron chi connectivity index (χ1n) is 10.2. The fourth-order valence-corrected chi connectivity index (χ4v) is 4.10. The molecule has 3 aliphatic rings. The van der Waals surface area contributed by atoms with Crippen LogP contribution in [0.2, 0.25) is 0 Å². The predicted molar refractivity (Wildman–Crippen MR) is 104 cm³/mol. The lowest BCUT2D eigenvalue weighted by molar-refractivity contribution is -0.138. The van der Waals surface area contributed by atoms with Crippen LogP contribution in [0, 0.1) is 5.92 Å². The molecule has 28 heavy (non-hydrogen) atoms. The van der Waals surface area contributed by atoms with Gasteiger partial charge in [0, 0.05) is 19.0 Å². The summed E-state index contributed by atoms with van der Waals surface area (Å²) in [7, 11) is 0. The quantitative estimate of drug-likeness (QED) is 0.756. The first-order chi connectivity index (χ1) is 13.6. The van der Waals surface area contributed by atoms with Crippen molar-refractivity contribution in [2.45, 2.75) is 56.9 Å². The van der Waals surface area contributed by atoms with Gasteiger partial charge < -0.3 is 20.1 Å². The van der Waals surface area contributed by atoms with Gasteiger partial charge in [0.1, 0.15) is 6.10 Å². The highest BCUT2D eigenvalue weighted by Crippen LogP contribution is 2.27. The summed E-state index contributed by atoms with van der Waals surface area (Å²) in [5, 5.41) is 12.7. The number of nitrogens with zero attached hydrogens (tertiary/aromatic N) is 1. The summed E-state index contributed by atoms with van der Waals surface area (Å²) in [5.41, 5.74) is 2.51. The molecule has 2 aliphatic heterocycles. The Balaban J connectivity index is 1.33. The highest BCUT2D eigenvalue weighted by molar-refractivity contribution is 5.80. The normalized spacial score (nSPS) is 27.0. The molecule has 6 nitrogen and oxygen atoms in total. The topological polar surface area (TPSA) is 78.9 Å². The Morgan fingerprint density at radius 2 is 1.96 bits per heavy atom. The van der Waals surface area contributed by atoms with Crippen molar-refractivity contribution >= 4 is 11.8 Å². The molecule has 1 aromatic rings. The summed E-state index contributed by atoms with van der Waals surface area (Å²) in [6.45, 7) is 1.16. The van der Waals surface area contributed by atoms with Crippen LogP contribution in [0.3, 0.4) is 0 Å². The molecule has 6 heteroatoms. The van der Waals surface area contributed by atoms with E-state index < -0.39 is 6.10 Å². The molecule has 2 heterocycles. The molecule has 0 spiro atoms. The van der Waals surface area contributed by atoms with Crippen LogP contribution in [0.1, 0.15) is 36.8 Å². The number of aliphatic hydroxyl groups excluding tert-OH is 1. The number of hydrogen-bond donors (Lipinski definition) is 2. The maximum absolute atomic E-state index is 12.7. The maximum Gasteiger partial charge on any atom is 0.225 e. The van der Waals surface area contributed by atoms with E-state index in [1.54, 1.807) is 0 Å². The van der Waals surface area contributed by atoms with Gasteiger partial charge in [-0.15, -0.1) is 0 Å². The first-order valence-corrected chi connectivity index (χ1v) is 10.2. The van der Waals surface area contributed by atoms with Crippen LogP contribution in [0.5, 0.6) is 0 Å². The van der Waals surface area contributed by atoms with Crippen molar-refractivity contribution in [2.24, 2.45) is 5.92 Å². The molecule has 0 unspecified atom stereocenters. The third-order valence-electron chi connectivity index (χ3n) is 6.11. The minimum Gasteiger partial charge on any atom is -0.394 e. The molecule has 150 valence electrons. The average Bonchev–Trinajstić information content (AvgIpc) is 2.67. The molecule has 1 fully saturated rings. The smallest absolute Gasteiger partial charge is 0.225 e. The number of amides is 2. The van der Waals surface area contributed by atoms with Gasteiger partial charge in [-0.3, -0.25) is 9.59 Å². The molecule has 0 saturated heterocycles. The SMILES string of the molecule is O=C(N[C@@H]1C=C[C@H](CC(=O)N2CCc3ccccc3C2)O[C@H]1CO)C1CCC1. The molecule has 1 aromatic carbocycles. The Bertz CT molecular complexity index is 759. The lowest BCUT2D eigenvalue weighted by atomic mass is 9.84.